The third-order valence-electron chi connectivity index (χ3n) is 3.69. The van der Waals surface area contributed by atoms with Crippen molar-refractivity contribution in [3.8, 4) is 0 Å². The van der Waals surface area contributed by atoms with Crippen molar-refractivity contribution in [3.05, 3.63) is 46.2 Å². The Bertz CT molecular complexity index is 851. The molecule has 1 aliphatic rings. The Balaban J connectivity index is 1.82. The second-order valence-electron chi connectivity index (χ2n) is 5.46. The zero-order chi connectivity index (χ0) is 19.1. The summed E-state index contributed by atoms with van der Waals surface area (Å²) in [5, 5.41) is 8.63. The van der Waals surface area contributed by atoms with Crippen LogP contribution in [-0.2, 0) is 12.7 Å². The van der Waals surface area contributed by atoms with Crippen LogP contribution in [0, 0.1) is 5.82 Å². The highest BCUT2D eigenvalue weighted by Gasteiger charge is 2.42. The van der Waals surface area contributed by atoms with Crippen molar-refractivity contribution in [2.45, 2.75) is 12.7 Å². The van der Waals surface area contributed by atoms with Crippen LogP contribution in [0.2, 0.25) is 0 Å². The van der Waals surface area contributed by atoms with Crippen molar-refractivity contribution in [2.75, 3.05) is 18.0 Å². The maximum atomic E-state index is 12.9. The summed E-state index contributed by atoms with van der Waals surface area (Å²) in [6, 6.07) is 4.89. The topological polar surface area (TPSA) is 73.7 Å². The first kappa shape index (κ1) is 18.1. The van der Waals surface area contributed by atoms with Gasteiger partial charge in [-0.15, -0.1) is 0 Å². The van der Waals surface area contributed by atoms with Crippen LogP contribution in [0.15, 0.2) is 24.3 Å². The molecular weight excluding hydrogens is 378 g/mol. The number of aromatic nitrogens is 1. The molecule has 1 aliphatic heterocycles. The van der Waals surface area contributed by atoms with Gasteiger partial charge in [-0.25, -0.2) is 19.0 Å². The molecule has 2 amide bonds. The number of thiazole rings is 1. The van der Waals surface area contributed by atoms with Crippen LogP contribution in [0.4, 0.5) is 27.5 Å². The fraction of sp³-hybridized carbons (Fsp3) is 0.267. The standard InChI is InChI=1S/C15H11F4N3O3S/c16-9-3-1-8(2-4-9)7-21-5-6-22(14(21)25)13-20-11(15(17,18)19)10(26-13)12(23)24/h1-4H,5-7H2,(H,23,24). The molecule has 3 rings (SSSR count). The Hall–Kier alpha value is -2.69. The SMILES string of the molecule is O=C(O)c1sc(N2CCN(Cc3ccc(F)cc3)C2=O)nc1C(F)(F)F. The molecule has 2 aromatic rings. The number of carbonyl (C=O) groups is 2. The van der Waals surface area contributed by atoms with Crippen LogP contribution < -0.4 is 4.90 Å². The van der Waals surface area contributed by atoms with Gasteiger partial charge in [0.15, 0.2) is 10.8 Å². The smallest absolute Gasteiger partial charge is 0.435 e. The molecule has 0 radical (unpaired) electrons. The number of hydrogen-bond acceptors (Lipinski definition) is 4. The van der Waals surface area contributed by atoms with Gasteiger partial charge >= 0.3 is 18.2 Å². The van der Waals surface area contributed by atoms with E-state index in [0.717, 1.165) is 4.90 Å². The first-order valence-corrected chi connectivity index (χ1v) is 8.10. The van der Waals surface area contributed by atoms with Gasteiger partial charge in [-0.05, 0) is 17.7 Å². The number of urea groups is 1. The van der Waals surface area contributed by atoms with Crippen LogP contribution in [0.3, 0.4) is 0 Å². The van der Waals surface area contributed by atoms with Crippen molar-refractivity contribution in [3.63, 3.8) is 0 Å². The number of halogens is 4. The molecule has 2 heterocycles. The van der Waals surface area contributed by atoms with Crippen LogP contribution in [0.1, 0.15) is 20.9 Å². The van der Waals surface area contributed by atoms with E-state index in [1.165, 1.54) is 29.2 Å². The van der Waals surface area contributed by atoms with E-state index in [9.17, 15) is 27.2 Å². The number of alkyl halides is 3. The van der Waals surface area contributed by atoms with Crippen molar-refractivity contribution in [1.82, 2.24) is 9.88 Å². The lowest BCUT2D eigenvalue weighted by atomic mass is 10.2. The maximum Gasteiger partial charge on any atom is 0.435 e. The molecule has 0 saturated carbocycles. The van der Waals surface area contributed by atoms with Gasteiger partial charge in [0.2, 0.25) is 0 Å². The first-order valence-electron chi connectivity index (χ1n) is 7.29. The summed E-state index contributed by atoms with van der Waals surface area (Å²) in [6.07, 6.45) is -4.93. The van der Waals surface area contributed by atoms with Gasteiger partial charge in [0.1, 0.15) is 10.7 Å². The van der Waals surface area contributed by atoms with E-state index in [2.05, 4.69) is 4.98 Å². The monoisotopic (exact) mass is 389 g/mol. The largest absolute Gasteiger partial charge is 0.477 e. The molecule has 1 aromatic heterocycles. The second-order valence-corrected chi connectivity index (χ2v) is 6.44. The summed E-state index contributed by atoms with van der Waals surface area (Å²) in [5.41, 5.74) is -0.863. The second kappa shape index (κ2) is 6.56. The molecule has 1 fully saturated rings. The summed E-state index contributed by atoms with van der Waals surface area (Å²) < 4.78 is 51.7. The Labute approximate surface area is 148 Å². The number of carboxylic acid groups (broad SMARTS) is 1. The van der Waals surface area contributed by atoms with Crippen LogP contribution >= 0.6 is 11.3 Å². The lowest BCUT2D eigenvalue weighted by Crippen LogP contribution is -2.31. The maximum absolute atomic E-state index is 12.9. The van der Waals surface area contributed by atoms with Crippen molar-refractivity contribution < 1.29 is 32.3 Å². The van der Waals surface area contributed by atoms with Gasteiger partial charge in [-0.1, -0.05) is 23.5 Å². The van der Waals surface area contributed by atoms with E-state index in [1.807, 2.05) is 0 Å². The first-order chi connectivity index (χ1) is 12.2. The number of aromatic carboxylic acids is 1. The van der Waals surface area contributed by atoms with Gasteiger partial charge in [-0.3, -0.25) is 4.90 Å². The lowest BCUT2D eigenvalue weighted by Gasteiger charge is -2.17. The Kier molecular flexibility index (Phi) is 4.57. The van der Waals surface area contributed by atoms with Crippen LogP contribution in [0.25, 0.3) is 0 Å². The third kappa shape index (κ3) is 3.47. The summed E-state index contributed by atoms with van der Waals surface area (Å²) >= 11 is 0.304. The predicted octanol–water partition coefficient (Wildman–Crippen LogP) is 3.44. The fourth-order valence-corrected chi connectivity index (χ4v) is 3.42. The highest BCUT2D eigenvalue weighted by Crippen LogP contribution is 2.38. The van der Waals surface area contributed by atoms with Crippen molar-refractivity contribution in [1.29, 1.82) is 0 Å². The van der Waals surface area contributed by atoms with E-state index in [-0.39, 0.29) is 24.8 Å². The van der Waals surface area contributed by atoms with Crippen molar-refractivity contribution >= 4 is 28.5 Å². The summed E-state index contributed by atoms with van der Waals surface area (Å²) in [4.78, 5) is 28.2. The van der Waals surface area contributed by atoms with E-state index in [4.69, 9.17) is 5.11 Å². The number of nitrogens with zero attached hydrogens (tertiary/aromatic N) is 3. The Morgan fingerprint density at radius 1 is 1.23 bits per heavy atom. The fourth-order valence-electron chi connectivity index (χ4n) is 2.48. The Morgan fingerprint density at radius 2 is 1.88 bits per heavy atom. The molecule has 11 heteroatoms. The minimum Gasteiger partial charge on any atom is -0.477 e. The normalized spacial score (nSPS) is 15.0. The molecule has 0 spiro atoms. The van der Waals surface area contributed by atoms with Gasteiger partial charge in [0.05, 0.1) is 0 Å². The molecule has 0 aliphatic carbocycles. The third-order valence-corrected chi connectivity index (χ3v) is 4.76. The zero-order valence-electron chi connectivity index (χ0n) is 13.0. The Morgan fingerprint density at radius 3 is 2.42 bits per heavy atom. The van der Waals surface area contributed by atoms with E-state index < -0.39 is 34.6 Å². The van der Waals surface area contributed by atoms with Crippen LogP contribution in [-0.4, -0.2) is 40.1 Å². The molecule has 26 heavy (non-hydrogen) atoms. The number of rotatable bonds is 4. The summed E-state index contributed by atoms with van der Waals surface area (Å²) in [5.74, 6) is -2.18. The van der Waals surface area contributed by atoms with Gasteiger partial charge in [0, 0.05) is 19.6 Å². The minimum atomic E-state index is -4.93. The highest BCUT2D eigenvalue weighted by atomic mass is 32.1. The number of carbonyl (C=O) groups excluding carboxylic acids is 1. The molecule has 0 atom stereocenters. The zero-order valence-corrected chi connectivity index (χ0v) is 13.8. The van der Waals surface area contributed by atoms with E-state index in [0.29, 0.717) is 16.9 Å². The molecule has 138 valence electrons. The average Bonchev–Trinajstić information content (AvgIpc) is 3.14. The molecule has 0 unspecified atom stereocenters. The predicted molar refractivity (Wildman–Crippen MR) is 83.6 cm³/mol. The number of amides is 2. The minimum absolute atomic E-state index is 0.0733. The van der Waals surface area contributed by atoms with E-state index >= 15 is 0 Å². The van der Waals surface area contributed by atoms with Gasteiger partial charge < -0.3 is 10.0 Å². The molecule has 0 bridgehead atoms. The quantitative estimate of drug-likeness (QED) is 0.813. The summed E-state index contributed by atoms with van der Waals surface area (Å²) in [6.45, 7) is 0.447. The molecule has 6 nitrogen and oxygen atoms in total. The molecular formula is C15H11F4N3O3S. The molecule has 1 saturated heterocycles. The van der Waals surface area contributed by atoms with Gasteiger partial charge in [0.25, 0.3) is 0 Å². The number of benzene rings is 1. The number of hydrogen-bond donors (Lipinski definition) is 1. The lowest BCUT2D eigenvalue weighted by molar-refractivity contribution is -0.141. The van der Waals surface area contributed by atoms with Gasteiger partial charge in [-0.2, -0.15) is 13.2 Å². The summed E-state index contributed by atoms with van der Waals surface area (Å²) in [7, 11) is 0. The molecule has 1 N–H and O–H groups in total. The van der Waals surface area contributed by atoms with Crippen LogP contribution in [0.5, 0.6) is 0 Å². The average molecular weight is 389 g/mol. The van der Waals surface area contributed by atoms with E-state index in [1.54, 1.807) is 0 Å². The van der Waals surface area contributed by atoms with Crippen molar-refractivity contribution in [2.24, 2.45) is 0 Å². The number of anilines is 1. The molecule has 1 aromatic carbocycles. The number of carboxylic acids is 1. The highest BCUT2D eigenvalue weighted by molar-refractivity contribution is 7.17.